The van der Waals surface area contributed by atoms with Crippen molar-refractivity contribution in [2.24, 2.45) is 4.99 Å². The minimum Gasteiger partial charge on any atom is -0.379 e. The summed E-state index contributed by atoms with van der Waals surface area (Å²) in [5.74, 6) is 0.535. The van der Waals surface area contributed by atoms with Gasteiger partial charge in [-0.25, -0.2) is 4.39 Å². The highest BCUT2D eigenvalue weighted by molar-refractivity contribution is 14.0. The molecule has 0 amide bonds. The Balaban J connectivity index is 0.00000306. The smallest absolute Gasteiger partial charge is 0.191 e. The molecule has 1 aromatic heterocycles. The van der Waals surface area contributed by atoms with E-state index >= 15 is 0 Å². The first kappa shape index (κ1) is 25.5. The number of halogens is 2. The summed E-state index contributed by atoms with van der Waals surface area (Å²) in [4.78, 5) is 10.1. The molecule has 0 saturated carbocycles. The van der Waals surface area contributed by atoms with E-state index in [-0.39, 0.29) is 35.8 Å². The van der Waals surface area contributed by atoms with Crippen LogP contribution in [0.15, 0.2) is 53.7 Å². The van der Waals surface area contributed by atoms with Crippen molar-refractivity contribution in [1.82, 2.24) is 20.5 Å². The first-order valence-electron chi connectivity index (χ1n) is 11.2. The van der Waals surface area contributed by atoms with Crippen LogP contribution in [-0.2, 0) is 11.2 Å². The maximum Gasteiger partial charge on any atom is 0.191 e. The number of hydrogen-bond acceptors (Lipinski definition) is 3. The zero-order valence-corrected chi connectivity index (χ0v) is 21.6. The van der Waals surface area contributed by atoms with E-state index in [0.29, 0.717) is 19.8 Å². The van der Waals surface area contributed by atoms with E-state index < -0.39 is 0 Å². The summed E-state index contributed by atoms with van der Waals surface area (Å²) >= 11 is 0. The molecule has 4 rings (SSSR count). The van der Waals surface area contributed by atoms with Gasteiger partial charge in [0, 0.05) is 50.3 Å². The number of morpholine rings is 1. The first-order chi connectivity index (χ1) is 15.6. The maximum absolute atomic E-state index is 13.9. The van der Waals surface area contributed by atoms with Gasteiger partial charge in [-0.1, -0.05) is 24.3 Å². The second kappa shape index (κ2) is 12.3. The monoisotopic (exact) mass is 565 g/mol. The lowest BCUT2D eigenvalue weighted by molar-refractivity contribution is 0.0169. The molecular formula is C25H33FIN5O. The summed E-state index contributed by atoms with van der Waals surface area (Å²) in [5, 5.41) is 8.11. The van der Waals surface area contributed by atoms with Crippen LogP contribution in [0.25, 0.3) is 10.9 Å². The molecule has 8 heteroatoms. The van der Waals surface area contributed by atoms with Crippen molar-refractivity contribution in [3.8, 4) is 0 Å². The minimum atomic E-state index is -0.211. The summed E-state index contributed by atoms with van der Waals surface area (Å²) in [7, 11) is 1.77. The van der Waals surface area contributed by atoms with Crippen molar-refractivity contribution in [2.45, 2.75) is 19.4 Å². The second-order valence-electron chi connectivity index (χ2n) is 8.21. The average Bonchev–Trinajstić information content (AvgIpc) is 3.20. The summed E-state index contributed by atoms with van der Waals surface area (Å²) in [6, 6.07) is 13.4. The number of nitrogens with one attached hydrogen (secondary N) is 3. The summed E-state index contributed by atoms with van der Waals surface area (Å²) < 4.78 is 19.4. The van der Waals surface area contributed by atoms with Gasteiger partial charge in [-0.15, -0.1) is 24.0 Å². The van der Waals surface area contributed by atoms with Crippen LogP contribution in [0.4, 0.5) is 4.39 Å². The van der Waals surface area contributed by atoms with Gasteiger partial charge in [0.1, 0.15) is 5.82 Å². The number of aliphatic imine (C=N–C) groups is 1. The molecule has 3 aromatic rings. The normalized spacial score (nSPS) is 15.8. The lowest BCUT2D eigenvalue weighted by atomic mass is 10.0. The zero-order valence-electron chi connectivity index (χ0n) is 19.2. The molecule has 0 radical (unpaired) electrons. The van der Waals surface area contributed by atoms with Gasteiger partial charge in [0.05, 0.1) is 19.3 Å². The van der Waals surface area contributed by atoms with Crippen LogP contribution in [0, 0.1) is 12.7 Å². The number of H-pyrrole nitrogens is 1. The number of hydrogen-bond donors (Lipinski definition) is 3. The fraction of sp³-hybridized carbons (Fsp3) is 0.400. The third-order valence-corrected chi connectivity index (χ3v) is 6.02. The quantitative estimate of drug-likeness (QED) is 0.230. The second-order valence-corrected chi connectivity index (χ2v) is 8.21. The van der Waals surface area contributed by atoms with Crippen LogP contribution < -0.4 is 10.6 Å². The number of aryl methyl sites for hydroxylation is 1. The third kappa shape index (κ3) is 6.68. The van der Waals surface area contributed by atoms with E-state index in [4.69, 9.17) is 4.74 Å². The Morgan fingerprint density at radius 3 is 2.76 bits per heavy atom. The summed E-state index contributed by atoms with van der Waals surface area (Å²) in [6.07, 6.45) is 2.97. The molecule has 0 spiro atoms. The predicted octanol–water partition coefficient (Wildman–Crippen LogP) is 4.01. The molecule has 1 unspecified atom stereocenters. The molecule has 33 heavy (non-hydrogen) atoms. The highest BCUT2D eigenvalue weighted by Crippen LogP contribution is 2.22. The molecule has 3 N–H and O–H groups in total. The molecule has 1 aliphatic heterocycles. The zero-order chi connectivity index (χ0) is 22.3. The largest absolute Gasteiger partial charge is 0.379 e. The van der Waals surface area contributed by atoms with E-state index in [9.17, 15) is 4.39 Å². The highest BCUT2D eigenvalue weighted by atomic mass is 127. The Kier molecular flexibility index (Phi) is 9.52. The number of ether oxygens (including phenoxy) is 1. The van der Waals surface area contributed by atoms with Gasteiger partial charge < -0.3 is 20.4 Å². The Morgan fingerprint density at radius 1 is 1.18 bits per heavy atom. The molecule has 2 aromatic carbocycles. The van der Waals surface area contributed by atoms with Crippen LogP contribution in [-0.4, -0.2) is 62.3 Å². The van der Waals surface area contributed by atoms with Crippen LogP contribution >= 0.6 is 24.0 Å². The molecular weight excluding hydrogens is 532 g/mol. The molecule has 0 aliphatic carbocycles. The molecule has 1 aliphatic rings. The van der Waals surface area contributed by atoms with E-state index in [1.165, 1.54) is 28.1 Å². The SMILES string of the molecule is CN=C(NCCc1c[nH]c2cc(C)ccc12)NCC(c1cccc(F)c1)N1CCOCC1.I. The molecule has 6 nitrogen and oxygen atoms in total. The van der Waals surface area contributed by atoms with Gasteiger partial charge in [-0.3, -0.25) is 9.89 Å². The van der Waals surface area contributed by atoms with Crippen molar-refractivity contribution >= 4 is 40.8 Å². The average molecular weight is 565 g/mol. The standard InChI is InChI=1S/C25H32FN5O.HI/c1-18-6-7-22-20(16-29-23(22)14-18)8-9-28-25(27-2)30-17-24(31-10-12-32-13-11-31)19-4-3-5-21(26)15-19;/h3-7,14-16,24,29H,8-13,17H2,1-2H3,(H2,27,28,30);1H. The van der Waals surface area contributed by atoms with Crippen molar-refractivity contribution in [1.29, 1.82) is 0 Å². The number of fused-ring (bicyclic) bond motifs is 1. The molecule has 1 saturated heterocycles. The van der Waals surface area contributed by atoms with Crippen LogP contribution in [0.5, 0.6) is 0 Å². The predicted molar refractivity (Wildman–Crippen MR) is 143 cm³/mol. The number of rotatable bonds is 7. The van der Waals surface area contributed by atoms with Crippen LogP contribution in [0.3, 0.4) is 0 Å². The number of aromatic nitrogens is 1. The van der Waals surface area contributed by atoms with Crippen molar-refractivity contribution in [3.05, 3.63) is 71.2 Å². The lowest BCUT2D eigenvalue weighted by Crippen LogP contribution is -2.46. The molecule has 2 heterocycles. The van der Waals surface area contributed by atoms with Gasteiger partial charge in [-0.05, 0) is 48.2 Å². The number of nitrogens with zero attached hydrogens (tertiary/aromatic N) is 2. The van der Waals surface area contributed by atoms with Gasteiger partial charge in [-0.2, -0.15) is 0 Å². The minimum absolute atomic E-state index is 0. The van der Waals surface area contributed by atoms with Crippen molar-refractivity contribution in [3.63, 3.8) is 0 Å². The Hall–Kier alpha value is -2.17. The van der Waals surface area contributed by atoms with Gasteiger partial charge >= 0.3 is 0 Å². The maximum atomic E-state index is 13.9. The highest BCUT2D eigenvalue weighted by Gasteiger charge is 2.23. The van der Waals surface area contributed by atoms with Crippen LogP contribution in [0.2, 0.25) is 0 Å². The topological polar surface area (TPSA) is 64.7 Å². The van der Waals surface area contributed by atoms with E-state index in [2.05, 4.69) is 56.8 Å². The molecule has 1 atom stereocenters. The Bertz CT molecular complexity index is 1060. The summed E-state index contributed by atoms with van der Waals surface area (Å²) in [6.45, 7) is 6.55. The molecule has 0 bridgehead atoms. The van der Waals surface area contributed by atoms with Crippen molar-refractivity contribution in [2.75, 3.05) is 46.4 Å². The number of aromatic amines is 1. The summed E-state index contributed by atoms with van der Waals surface area (Å²) in [5.41, 5.74) is 4.67. The fourth-order valence-corrected chi connectivity index (χ4v) is 4.30. The van der Waals surface area contributed by atoms with E-state index in [1.54, 1.807) is 19.2 Å². The lowest BCUT2D eigenvalue weighted by Gasteiger charge is -2.35. The number of guanidine groups is 1. The number of benzene rings is 2. The van der Waals surface area contributed by atoms with Gasteiger partial charge in [0.25, 0.3) is 0 Å². The Labute approximate surface area is 212 Å². The van der Waals surface area contributed by atoms with Gasteiger partial charge in [0.2, 0.25) is 0 Å². The van der Waals surface area contributed by atoms with E-state index in [1.807, 2.05) is 6.07 Å². The Morgan fingerprint density at radius 2 is 2.00 bits per heavy atom. The molecule has 178 valence electrons. The van der Waals surface area contributed by atoms with Crippen LogP contribution in [0.1, 0.15) is 22.7 Å². The third-order valence-electron chi connectivity index (χ3n) is 6.02. The van der Waals surface area contributed by atoms with E-state index in [0.717, 1.165) is 37.6 Å². The molecule has 1 fully saturated rings. The first-order valence-corrected chi connectivity index (χ1v) is 11.2. The fourth-order valence-electron chi connectivity index (χ4n) is 4.30. The van der Waals surface area contributed by atoms with Gasteiger partial charge in [0.15, 0.2) is 5.96 Å². The van der Waals surface area contributed by atoms with Crippen molar-refractivity contribution < 1.29 is 9.13 Å².